The minimum absolute atomic E-state index is 0.0701. The summed E-state index contributed by atoms with van der Waals surface area (Å²) in [5.74, 6) is 1.14. The molecule has 1 aromatic heterocycles. The summed E-state index contributed by atoms with van der Waals surface area (Å²) in [4.78, 5) is 17.3. The van der Waals surface area contributed by atoms with E-state index in [0.717, 1.165) is 5.75 Å². The van der Waals surface area contributed by atoms with Gasteiger partial charge in [0.1, 0.15) is 0 Å². The third-order valence-electron chi connectivity index (χ3n) is 2.49. The highest BCUT2D eigenvalue weighted by atomic mass is 33.1. The summed E-state index contributed by atoms with van der Waals surface area (Å²) in [6.07, 6.45) is 3.57. The van der Waals surface area contributed by atoms with Crippen LogP contribution in [0.3, 0.4) is 0 Å². The third kappa shape index (κ3) is 6.45. The average molecular weight is 298 g/mol. The van der Waals surface area contributed by atoms with Crippen molar-refractivity contribution in [3.05, 3.63) is 24.5 Å². The van der Waals surface area contributed by atoms with Gasteiger partial charge in [-0.1, -0.05) is 49.3 Å². The van der Waals surface area contributed by atoms with Crippen LogP contribution in [0.5, 0.6) is 0 Å². The fourth-order valence-electron chi connectivity index (χ4n) is 1.58. The molecule has 1 aromatic rings. The van der Waals surface area contributed by atoms with Crippen LogP contribution >= 0.6 is 21.6 Å². The highest BCUT2D eigenvalue weighted by Crippen LogP contribution is 2.31. The molecule has 0 bridgehead atoms. The number of pyridine rings is 1. The minimum atomic E-state index is -0.0701. The van der Waals surface area contributed by atoms with E-state index in [1.54, 1.807) is 34.0 Å². The van der Waals surface area contributed by atoms with Crippen LogP contribution in [-0.2, 0) is 4.79 Å². The van der Waals surface area contributed by atoms with Crippen molar-refractivity contribution in [3.8, 4) is 0 Å². The first kappa shape index (κ1) is 16.5. The fraction of sp³-hybridized carbons (Fsp3) is 0.571. The number of aromatic nitrogens is 1. The molecular weight excluding hydrogens is 276 g/mol. The lowest BCUT2D eigenvalue weighted by atomic mass is 10.0. The third-order valence-corrected chi connectivity index (χ3v) is 4.88. The molecule has 1 N–H and O–H groups in total. The topological polar surface area (TPSA) is 42.0 Å². The van der Waals surface area contributed by atoms with E-state index in [0.29, 0.717) is 6.04 Å². The molecule has 5 heteroatoms. The molecule has 3 nitrogen and oxygen atoms in total. The van der Waals surface area contributed by atoms with Crippen LogP contribution in [0.15, 0.2) is 29.4 Å². The van der Waals surface area contributed by atoms with Crippen LogP contribution in [0.1, 0.15) is 27.7 Å². The zero-order valence-electron chi connectivity index (χ0n) is 11.9. The van der Waals surface area contributed by atoms with Crippen molar-refractivity contribution >= 4 is 27.4 Å². The largest absolute Gasteiger partial charge is 0.305 e. The van der Waals surface area contributed by atoms with Crippen LogP contribution in [0, 0.1) is 5.92 Å². The van der Waals surface area contributed by atoms with Gasteiger partial charge in [-0.25, -0.2) is 0 Å². The molecule has 0 radical (unpaired) electrons. The zero-order valence-corrected chi connectivity index (χ0v) is 13.6. The number of carbonyl (C=O) groups is 1. The summed E-state index contributed by atoms with van der Waals surface area (Å²) in [5.41, 5.74) is 0. The molecule has 0 saturated carbocycles. The van der Waals surface area contributed by atoms with Crippen LogP contribution < -0.4 is 5.32 Å². The molecule has 106 valence electrons. The van der Waals surface area contributed by atoms with Crippen molar-refractivity contribution in [1.29, 1.82) is 0 Å². The summed E-state index contributed by atoms with van der Waals surface area (Å²) in [7, 11) is 3.40. The Balaban J connectivity index is 2.46. The van der Waals surface area contributed by atoms with Gasteiger partial charge in [-0.05, 0) is 12.1 Å². The van der Waals surface area contributed by atoms with E-state index in [1.165, 1.54) is 4.90 Å². The molecule has 0 aliphatic rings. The number of rotatable bonds is 8. The van der Waals surface area contributed by atoms with Gasteiger partial charge in [-0.2, -0.15) is 0 Å². The number of carbonyl (C=O) groups excluding carboxylic acids is 1. The Bertz CT molecular complexity index is 382. The normalized spacial score (nSPS) is 12.9. The Morgan fingerprint density at radius 2 is 1.89 bits per heavy atom. The number of ketones is 1. The van der Waals surface area contributed by atoms with Gasteiger partial charge in [0.2, 0.25) is 0 Å². The maximum atomic E-state index is 12.1. The Morgan fingerprint density at radius 1 is 1.26 bits per heavy atom. The molecule has 0 amide bonds. The standard InChI is InChI=1S/C14H22N2OS2/c1-10(2)14(17)13(16-11(3)4)9-18-19-12-5-7-15-8-6-12/h5-8,10-11,13,16H,9H2,1-4H3. The minimum Gasteiger partial charge on any atom is -0.305 e. The van der Waals surface area contributed by atoms with Crippen molar-refractivity contribution in [1.82, 2.24) is 10.3 Å². The Morgan fingerprint density at radius 3 is 2.42 bits per heavy atom. The van der Waals surface area contributed by atoms with E-state index in [4.69, 9.17) is 0 Å². The molecule has 0 fully saturated rings. The lowest BCUT2D eigenvalue weighted by Crippen LogP contribution is -2.44. The van der Waals surface area contributed by atoms with Gasteiger partial charge in [0.15, 0.2) is 5.78 Å². The van der Waals surface area contributed by atoms with Gasteiger partial charge in [-0.15, -0.1) is 0 Å². The van der Waals surface area contributed by atoms with Crippen molar-refractivity contribution in [3.63, 3.8) is 0 Å². The smallest absolute Gasteiger partial charge is 0.153 e. The molecule has 1 atom stereocenters. The van der Waals surface area contributed by atoms with Crippen LogP contribution in [0.25, 0.3) is 0 Å². The van der Waals surface area contributed by atoms with Gasteiger partial charge in [0.05, 0.1) is 6.04 Å². The predicted octanol–water partition coefficient (Wildman–Crippen LogP) is 3.41. The molecule has 19 heavy (non-hydrogen) atoms. The zero-order chi connectivity index (χ0) is 14.3. The summed E-state index contributed by atoms with van der Waals surface area (Å²) < 4.78 is 0. The maximum absolute atomic E-state index is 12.1. The van der Waals surface area contributed by atoms with E-state index < -0.39 is 0 Å². The molecule has 0 spiro atoms. The van der Waals surface area contributed by atoms with Gasteiger partial charge >= 0.3 is 0 Å². The number of Topliss-reactive ketones (excluding diaryl/α,β-unsaturated/α-hetero) is 1. The second-order valence-corrected chi connectivity index (χ2v) is 7.40. The lowest BCUT2D eigenvalue weighted by molar-refractivity contribution is -0.123. The van der Waals surface area contributed by atoms with E-state index in [9.17, 15) is 4.79 Å². The maximum Gasteiger partial charge on any atom is 0.153 e. The molecule has 1 unspecified atom stereocenters. The number of nitrogens with one attached hydrogen (secondary N) is 1. The Kier molecular flexibility index (Phi) is 7.49. The second kappa shape index (κ2) is 8.61. The summed E-state index contributed by atoms with van der Waals surface area (Å²) in [5, 5.41) is 3.35. The number of hydrogen-bond donors (Lipinski definition) is 1. The number of hydrogen-bond acceptors (Lipinski definition) is 5. The molecule has 0 aliphatic carbocycles. The first-order chi connectivity index (χ1) is 9.00. The van der Waals surface area contributed by atoms with E-state index in [1.807, 2.05) is 26.0 Å². The quantitative estimate of drug-likeness (QED) is 0.745. The highest BCUT2D eigenvalue weighted by molar-refractivity contribution is 8.76. The first-order valence-electron chi connectivity index (χ1n) is 6.50. The SMILES string of the molecule is CC(C)NC(CSSc1ccncc1)C(=O)C(C)C. The van der Waals surface area contributed by atoms with E-state index in [-0.39, 0.29) is 17.7 Å². The van der Waals surface area contributed by atoms with Crippen LogP contribution in [0.4, 0.5) is 0 Å². The summed E-state index contributed by atoms with van der Waals surface area (Å²) in [6, 6.07) is 4.21. The monoisotopic (exact) mass is 298 g/mol. The van der Waals surface area contributed by atoms with Crippen LogP contribution in [-0.4, -0.2) is 28.6 Å². The van der Waals surface area contributed by atoms with Crippen molar-refractivity contribution < 1.29 is 4.79 Å². The van der Waals surface area contributed by atoms with E-state index >= 15 is 0 Å². The second-order valence-electron chi connectivity index (χ2n) is 4.98. The van der Waals surface area contributed by atoms with E-state index in [2.05, 4.69) is 24.1 Å². The fourth-order valence-corrected chi connectivity index (χ4v) is 3.77. The predicted molar refractivity (Wildman–Crippen MR) is 84.5 cm³/mol. The molecule has 0 aromatic carbocycles. The van der Waals surface area contributed by atoms with Gasteiger partial charge < -0.3 is 5.32 Å². The molecule has 1 heterocycles. The molecule has 1 rings (SSSR count). The van der Waals surface area contributed by atoms with Gasteiger partial charge in [-0.3, -0.25) is 9.78 Å². The molecular formula is C14H22N2OS2. The first-order valence-corrected chi connectivity index (χ1v) is 8.82. The summed E-state index contributed by atoms with van der Waals surface area (Å²) in [6.45, 7) is 8.05. The highest BCUT2D eigenvalue weighted by Gasteiger charge is 2.21. The van der Waals surface area contributed by atoms with Crippen molar-refractivity contribution in [2.75, 3.05) is 5.75 Å². The summed E-state index contributed by atoms with van der Waals surface area (Å²) >= 11 is 0. The van der Waals surface area contributed by atoms with Gasteiger partial charge in [0.25, 0.3) is 0 Å². The van der Waals surface area contributed by atoms with Gasteiger partial charge in [0, 0.05) is 35.0 Å². The van der Waals surface area contributed by atoms with Crippen molar-refractivity contribution in [2.45, 2.75) is 44.7 Å². The number of nitrogens with zero attached hydrogens (tertiary/aromatic N) is 1. The Hall–Kier alpha value is -0.520. The van der Waals surface area contributed by atoms with Crippen molar-refractivity contribution in [2.24, 2.45) is 5.92 Å². The molecule has 0 saturated heterocycles. The Labute approximate surface area is 123 Å². The lowest BCUT2D eigenvalue weighted by Gasteiger charge is -2.21. The van der Waals surface area contributed by atoms with Crippen LogP contribution in [0.2, 0.25) is 0 Å². The average Bonchev–Trinajstić information content (AvgIpc) is 2.37. The molecule has 0 aliphatic heterocycles.